The van der Waals surface area contributed by atoms with Gasteiger partial charge in [-0.3, -0.25) is 4.79 Å². The minimum Gasteiger partial charge on any atom is -0.481 e. The second kappa shape index (κ2) is 7.21. The number of rotatable bonds is 5. The lowest BCUT2D eigenvalue weighted by molar-refractivity contribution is -0.142. The number of benzene rings is 1. The molecule has 1 aliphatic carbocycles. The van der Waals surface area contributed by atoms with Crippen LogP contribution in [0.15, 0.2) is 18.2 Å². The molecule has 128 valence electrons. The summed E-state index contributed by atoms with van der Waals surface area (Å²) in [4.78, 5) is 11.0. The zero-order valence-corrected chi connectivity index (χ0v) is 12.7. The van der Waals surface area contributed by atoms with Crippen LogP contribution >= 0.6 is 0 Å². The van der Waals surface area contributed by atoms with Gasteiger partial charge >= 0.3 is 12.1 Å². The van der Waals surface area contributed by atoms with Crippen molar-refractivity contribution in [2.45, 2.75) is 37.8 Å². The summed E-state index contributed by atoms with van der Waals surface area (Å²) in [7, 11) is 1.43. The molecule has 0 unspecified atom stereocenters. The number of hydrogen-bond donors (Lipinski definition) is 1. The van der Waals surface area contributed by atoms with Crippen molar-refractivity contribution in [3.8, 4) is 5.75 Å². The lowest BCUT2D eigenvalue weighted by atomic mass is 9.78. The Morgan fingerprint density at radius 1 is 1.26 bits per heavy atom. The molecule has 23 heavy (non-hydrogen) atoms. The largest absolute Gasteiger partial charge is 0.481 e. The van der Waals surface area contributed by atoms with Gasteiger partial charge in [0.1, 0.15) is 5.75 Å². The predicted molar refractivity (Wildman–Crippen MR) is 76.3 cm³/mol. The number of alkyl halides is 3. The Hall–Kier alpha value is -1.76. The van der Waals surface area contributed by atoms with Gasteiger partial charge in [0.15, 0.2) is 6.79 Å². The van der Waals surface area contributed by atoms with Gasteiger partial charge in [0.2, 0.25) is 0 Å². The van der Waals surface area contributed by atoms with Crippen LogP contribution in [0.4, 0.5) is 13.2 Å². The van der Waals surface area contributed by atoms with Crippen molar-refractivity contribution in [2.24, 2.45) is 5.92 Å². The Bertz CT molecular complexity index is 549. The Morgan fingerprint density at radius 2 is 1.91 bits per heavy atom. The zero-order valence-electron chi connectivity index (χ0n) is 12.7. The van der Waals surface area contributed by atoms with Gasteiger partial charge in [-0.1, -0.05) is 0 Å². The van der Waals surface area contributed by atoms with E-state index in [1.165, 1.54) is 13.2 Å². The lowest BCUT2D eigenvalue weighted by Gasteiger charge is -2.28. The number of carboxylic acids is 1. The number of halogens is 3. The molecule has 1 fully saturated rings. The first-order valence-electron chi connectivity index (χ1n) is 7.38. The molecule has 0 aliphatic heterocycles. The van der Waals surface area contributed by atoms with Gasteiger partial charge in [-0.25, -0.2) is 0 Å². The van der Waals surface area contributed by atoms with Crippen LogP contribution in [0.3, 0.4) is 0 Å². The highest BCUT2D eigenvalue weighted by Gasteiger charge is 2.33. The van der Waals surface area contributed by atoms with Gasteiger partial charge in [-0.2, -0.15) is 13.2 Å². The maximum atomic E-state index is 12.9. The number of methoxy groups -OCH3 is 1. The highest BCUT2D eigenvalue weighted by Crippen LogP contribution is 2.42. The van der Waals surface area contributed by atoms with Gasteiger partial charge in [0.05, 0.1) is 11.5 Å². The Balaban J connectivity index is 2.25. The topological polar surface area (TPSA) is 55.8 Å². The fraction of sp³-hybridized carbons (Fsp3) is 0.562. The minimum absolute atomic E-state index is 0.0527. The monoisotopic (exact) mass is 332 g/mol. The van der Waals surface area contributed by atoms with Gasteiger partial charge in [0, 0.05) is 7.11 Å². The summed E-state index contributed by atoms with van der Waals surface area (Å²) >= 11 is 0. The van der Waals surface area contributed by atoms with E-state index in [9.17, 15) is 18.0 Å². The van der Waals surface area contributed by atoms with E-state index in [4.69, 9.17) is 14.6 Å². The molecule has 1 saturated carbocycles. The van der Waals surface area contributed by atoms with Crippen LogP contribution < -0.4 is 4.74 Å². The highest BCUT2D eigenvalue weighted by molar-refractivity contribution is 5.70. The Kier molecular flexibility index (Phi) is 5.51. The average molecular weight is 332 g/mol. The van der Waals surface area contributed by atoms with Crippen molar-refractivity contribution in [1.82, 2.24) is 0 Å². The van der Waals surface area contributed by atoms with Crippen LogP contribution in [0.2, 0.25) is 0 Å². The quantitative estimate of drug-likeness (QED) is 0.827. The van der Waals surface area contributed by atoms with Crippen LogP contribution in [0, 0.1) is 5.92 Å². The fourth-order valence-corrected chi connectivity index (χ4v) is 2.95. The molecule has 2 rings (SSSR count). The van der Waals surface area contributed by atoms with Crippen LogP contribution in [0.25, 0.3) is 0 Å². The van der Waals surface area contributed by atoms with Crippen LogP contribution in [-0.4, -0.2) is 25.0 Å². The van der Waals surface area contributed by atoms with Gasteiger partial charge < -0.3 is 14.6 Å². The number of carboxylic acid groups (broad SMARTS) is 1. The SMILES string of the molecule is COCOc1ccc(C(F)(F)F)cc1C1CCC(C(=O)O)CC1. The van der Waals surface area contributed by atoms with Crippen molar-refractivity contribution in [3.63, 3.8) is 0 Å². The molecular formula is C16H19F3O4. The predicted octanol–water partition coefficient (Wildman–Crippen LogP) is 4.05. The molecular weight excluding hydrogens is 313 g/mol. The molecule has 1 aromatic carbocycles. The molecule has 0 spiro atoms. The number of carbonyl (C=O) groups is 1. The average Bonchev–Trinajstić information content (AvgIpc) is 2.52. The number of aliphatic carboxylic acids is 1. The summed E-state index contributed by atoms with van der Waals surface area (Å²) in [5.41, 5.74) is -0.252. The summed E-state index contributed by atoms with van der Waals surface area (Å²) < 4.78 is 49.0. The van der Waals surface area contributed by atoms with E-state index in [0.29, 0.717) is 37.0 Å². The molecule has 0 amide bonds. The Labute approximate surface area is 132 Å². The second-order valence-electron chi connectivity index (χ2n) is 5.69. The van der Waals surface area contributed by atoms with Crippen LogP contribution in [0.1, 0.15) is 42.7 Å². The van der Waals surface area contributed by atoms with Crippen molar-refractivity contribution >= 4 is 5.97 Å². The summed E-state index contributed by atoms with van der Waals surface area (Å²) in [5, 5.41) is 9.03. The van der Waals surface area contributed by atoms with Crippen LogP contribution in [-0.2, 0) is 15.7 Å². The third kappa shape index (κ3) is 4.37. The zero-order chi connectivity index (χ0) is 17.0. The molecule has 0 radical (unpaired) electrons. The molecule has 0 aromatic heterocycles. The van der Waals surface area contributed by atoms with Crippen LogP contribution in [0.5, 0.6) is 5.75 Å². The first-order chi connectivity index (χ1) is 10.8. The van der Waals surface area contributed by atoms with E-state index < -0.39 is 23.6 Å². The van der Waals surface area contributed by atoms with E-state index in [0.717, 1.165) is 12.1 Å². The normalized spacial score (nSPS) is 21.9. The molecule has 7 heteroatoms. The molecule has 1 aliphatic rings. The van der Waals surface area contributed by atoms with E-state index in [1.54, 1.807) is 0 Å². The van der Waals surface area contributed by atoms with E-state index in [2.05, 4.69) is 0 Å². The molecule has 1 aromatic rings. The summed E-state index contributed by atoms with van der Waals surface area (Å²) in [6, 6.07) is 3.40. The third-order valence-electron chi connectivity index (χ3n) is 4.19. The Morgan fingerprint density at radius 3 is 2.43 bits per heavy atom. The standard InChI is InChI=1S/C16H19F3O4/c1-22-9-23-14-7-6-12(16(17,18)19)8-13(14)10-2-4-11(5-3-10)15(20)21/h6-8,10-11H,2-5,9H2,1H3,(H,20,21). The summed E-state index contributed by atoms with van der Waals surface area (Å²) in [6.45, 7) is -0.0527. The van der Waals surface area contributed by atoms with Crippen molar-refractivity contribution in [3.05, 3.63) is 29.3 Å². The molecule has 4 nitrogen and oxygen atoms in total. The maximum absolute atomic E-state index is 12.9. The van der Waals surface area contributed by atoms with E-state index in [1.807, 2.05) is 0 Å². The lowest BCUT2D eigenvalue weighted by Crippen LogP contribution is -2.21. The maximum Gasteiger partial charge on any atom is 0.416 e. The molecule has 0 bridgehead atoms. The first-order valence-corrected chi connectivity index (χ1v) is 7.38. The van der Waals surface area contributed by atoms with E-state index >= 15 is 0 Å². The summed E-state index contributed by atoms with van der Waals surface area (Å²) in [6.07, 6.45) is -2.45. The molecule has 0 atom stereocenters. The molecule has 0 saturated heterocycles. The highest BCUT2D eigenvalue weighted by atomic mass is 19.4. The number of ether oxygens (including phenoxy) is 2. The third-order valence-corrected chi connectivity index (χ3v) is 4.19. The summed E-state index contributed by atoms with van der Waals surface area (Å²) in [5.74, 6) is -1.04. The van der Waals surface area contributed by atoms with Gasteiger partial charge in [0.25, 0.3) is 0 Å². The first kappa shape index (κ1) is 17.6. The van der Waals surface area contributed by atoms with Crippen molar-refractivity contribution in [2.75, 3.05) is 13.9 Å². The van der Waals surface area contributed by atoms with E-state index in [-0.39, 0.29) is 12.7 Å². The second-order valence-corrected chi connectivity index (χ2v) is 5.69. The number of hydrogen-bond acceptors (Lipinski definition) is 3. The molecule has 0 heterocycles. The molecule has 1 N–H and O–H groups in total. The van der Waals surface area contributed by atoms with Gasteiger partial charge in [-0.05, 0) is 55.4 Å². The van der Waals surface area contributed by atoms with Crippen molar-refractivity contribution in [1.29, 1.82) is 0 Å². The smallest absolute Gasteiger partial charge is 0.416 e. The van der Waals surface area contributed by atoms with Gasteiger partial charge in [-0.15, -0.1) is 0 Å². The fourth-order valence-electron chi connectivity index (χ4n) is 2.95. The minimum atomic E-state index is -4.42. The van der Waals surface area contributed by atoms with Crippen molar-refractivity contribution < 1.29 is 32.5 Å².